The number of amides is 1. The summed E-state index contributed by atoms with van der Waals surface area (Å²) in [7, 11) is 5.57. The molecule has 0 aliphatic rings. The van der Waals surface area contributed by atoms with Crippen LogP contribution in [0.5, 0.6) is 0 Å². The number of methoxy groups -OCH3 is 1. The van der Waals surface area contributed by atoms with Gasteiger partial charge in [-0.15, -0.1) is 0 Å². The second-order valence-corrected chi connectivity index (χ2v) is 7.44. The van der Waals surface area contributed by atoms with Crippen LogP contribution in [0.15, 0.2) is 47.5 Å². The molecule has 0 aliphatic heterocycles. The Hall–Kier alpha value is -2.15. The van der Waals surface area contributed by atoms with Crippen molar-refractivity contribution < 1.29 is 9.53 Å². The molecule has 0 aliphatic carbocycles. The van der Waals surface area contributed by atoms with Crippen LogP contribution in [0.1, 0.15) is 10.4 Å². The van der Waals surface area contributed by atoms with Gasteiger partial charge in [-0.2, -0.15) is 4.99 Å². The van der Waals surface area contributed by atoms with E-state index in [1.54, 1.807) is 19.2 Å². The van der Waals surface area contributed by atoms with Crippen molar-refractivity contribution in [3.05, 3.63) is 57.9 Å². The minimum atomic E-state index is -0.265. The van der Waals surface area contributed by atoms with Gasteiger partial charge in [0.15, 0.2) is 4.80 Å². The van der Waals surface area contributed by atoms with Crippen molar-refractivity contribution in [1.29, 1.82) is 0 Å². The summed E-state index contributed by atoms with van der Waals surface area (Å²) in [6.45, 7) is 1.15. The number of anilines is 1. The Morgan fingerprint density at radius 2 is 1.96 bits per heavy atom. The summed E-state index contributed by atoms with van der Waals surface area (Å²) in [5, 5.41) is 0.662. The number of ether oxygens (including phenoxy) is 1. The van der Waals surface area contributed by atoms with Crippen LogP contribution in [0.3, 0.4) is 0 Å². The van der Waals surface area contributed by atoms with E-state index in [0.29, 0.717) is 28.5 Å². The molecule has 136 valence electrons. The average Bonchev–Trinajstić information content (AvgIpc) is 2.95. The summed E-state index contributed by atoms with van der Waals surface area (Å²) in [4.78, 5) is 19.6. The number of benzene rings is 2. The molecule has 5 nitrogen and oxygen atoms in total. The molecule has 3 rings (SSSR count). The number of carbonyl (C=O) groups is 1. The standard InChI is InChI=1S/C19H20ClN3O2S/c1-22(2)15-7-4-13(5-8-15)18(24)21-19-23(10-11-25-3)16-9-6-14(20)12-17(16)26-19/h4-9,12H,10-11H2,1-3H3. The fourth-order valence-corrected chi connectivity index (χ4v) is 3.92. The number of rotatable bonds is 5. The lowest BCUT2D eigenvalue weighted by Crippen LogP contribution is -2.19. The van der Waals surface area contributed by atoms with Crippen LogP contribution in [0, 0.1) is 0 Å². The molecule has 1 amide bonds. The van der Waals surface area contributed by atoms with E-state index < -0.39 is 0 Å². The molecule has 0 atom stereocenters. The monoisotopic (exact) mass is 389 g/mol. The van der Waals surface area contributed by atoms with Crippen LogP contribution in [-0.4, -0.2) is 38.3 Å². The minimum absolute atomic E-state index is 0.265. The summed E-state index contributed by atoms with van der Waals surface area (Å²) >= 11 is 7.54. The number of thiazole rings is 1. The predicted molar refractivity (Wildman–Crippen MR) is 107 cm³/mol. The quantitative estimate of drug-likeness (QED) is 0.666. The van der Waals surface area contributed by atoms with Gasteiger partial charge in [-0.3, -0.25) is 4.79 Å². The van der Waals surface area contributed by atoms with Crippen LogP contribution in [0.25, 0.3) is 10.2 Å². The number of nitrogens with zero attached hydrogens (tertiary/aromatic N) is 3. The Morgan fingerprint density at radius 1 is 1.23 bits per heavy atom. The van der Waals surface area contributed by atoms with Crippen molar-refractivity contribution in [2.24, 2.45) is 4.99 Å². The van der Waals surface area contributed by atoms with Crippen molar-refractivity contribution in [2.45, 2.75) is 6.54 Å². The summed E-state index contributed by atoms with van der Waals surface area (Å²) in [5.41, 5.74) is 2.59. The summed E-state index contributed by atoms with van der Waals surface area (Å²) in [5.74, 6) is -0.265. The first-order valence-corrected chi connectivity index (χ1v) is 9.33. The number of halogens is 1. The summed E-state index contributed by atoms with van der Waals surface area (Å²) in [6, 6.07) is 13.1. The van der Waals surface area contributed by atoms with E-state index >= 15 is 0 Å². The number of aromatic nitrogens is 1. The zero-order valence-corrected chi connectivity index (χ0v) is 16.5. The van der Waals surface area contributed by atoms with E-state index in [-0.39, 0.29) is 5.91 Å². The predicted octanol–water partition coefficient (Wildman–Crippen LogP) is 3.81. The van der Waals surface area contributed by atoms with Crippen molar-refractivity contribution in [1.82, 2.24) is 4.57 Å². The van der Waals surface area contributed by atoms with Gasteiger partial charge in [0.05, 0.1) is 16.8 Å². The van der Waals surface area contributed by atoms with E-state index in [9.17, 15) is 4.79 Å². The zero-order valence-electron chi connectivity index (χ0n) is 14.9. The van der Waals surface area contributed by atoms with Crippen LogP contribution >= 0.6 is 22.9 Å². The lowest BCUT2D eigenvalue weighted by atomic mass is 10.2. The van der Waals surface area contributed by atoms with Gasteiger partial charge in [0.1, 0.15) is 0 Å². The van der Waals surface area contributed by atoms with Crippen LogP contribution in [-0.2, 0) is 11.3 Å². The molecule has 0 saturated carbocycles. The Balaban J connectivity index is 2.03. The Labute approximate surface area is 161 Å². The first kappa shape index (κ1) is 18.6. The van der Waals surface area contributed by atoms with E-state index in [2.05, 4.69) is 4.99 Å². The maximum Gasteiger partial charge on any atom is 0.279 e. The molecule has 3 aromatic rings. The molecule has 1 heterocycles. The fourth-order valence-electron chi connectivity index (χ4n) is 2.58. The third kappa shape index (κ3) is 3.98. The maximum atomic E-state index is 12.6. The third-order valence-electron chi connectivity index (χ3n) is 3.99. The van der Waals surface area contributed by atoms with Gasteiger partial charge in [-0.25, -0.2) is 0 Å². The van der Waals surface area contributed by atoms with E-state index in [4.69, 9.17) is 16.3 Å². The van der Waals surface area contributed by atoms with Gasteiger partial charge in [0.25, 0.3) is 5.91 Å². The van der Waals surface area contributed by atoms with Gasteiger partial charge in [0, 0.05) is 44.0 Å². The largest absolute Gasteiger partial charge is 0.383 e. The highest BCUT2D eigenvalue weighted by atomic mass is 35.5. The molecule has 0 radical (unpaired) electrons. The summed E-state index contributed by atoms with van der Waals surface area (Å²) in [6.07, 6.45) is 0. The highest BCUT2D eigenvalue weighted by Gasteiger charge is 2.10. The minimum Gasteiger partial charge on any atom is -0.383 e. The normalized spacial score (nSPS) is 11.9. The van der Waals surface area contributed by atoms with Crippen molar-refractivity contribution in [3.63, 3.8) is 0 Å². The summed E-state index contributed by atoms with van der Waals surface area (Å²) < 4.78 is 8.18. The first-order valence-electron chi connectivity index (χ1n) is 8.14. The Kier molecular flexibility index (Phi) is 5.76. The molecule has 7 heteroatoms. The SMILES string of the molecule is COCCn1c(=NC(=O)c2ccc(N(C)C)cc2)sc2cc(Cl)ccc21. The van der Waals surface area contributed by atoms with E-state index in [1.165, 1.54) is 11.3 Å². The highest BCUT2D eigenvalue weighted by Crippen LogP contribution is 2.22. The van der Waals surface area contributed by atoms with Gasteiger partial charge >= 0.3 is 0 Å². The van der Waals surface area contributed by atoms with Crippen LogP contribution in [0.4, 0.5) is 5.69 Å². The highest BCUT2D eigenvalue weighted by molar-refractivity contribution is 7.16. The maximum absolute atomic E-state index is 12.6. The molecule has 26 heavy (non-hydrogen) atoms. The van der Waals surface area contributed by atoms with Gasteiger partial charge < -0.3 is 14.2 Å². The Bertz CT molecular complexity index is 990. The van der Waals surface area contributed by atoms with Crippen LogP contribution < -0.4 is 9.70 Å². The molecule has 0 N–H and O–H groups in total. The topological polar surface area (TPSA) is 46.8 Å². The average molecular weight is 390 g/mol. The molecule has 0 bridgehead atoms. The van der Waals surface area contributed by atoms with Gasteiger partial charge in [0.2, 0.25) is 0 Å². The van der Waals surface area contributed by atoms with Crippen molar-refractivity contribution >= 4 is 44.7 Å². The fraction of sp³-hybridized carbons (Fsp3) is 0.263. The molecule has 0 saturated heterocycles. The third-order valence-corrected chi connectivity index (χ3v) is 5.27. The molecule has 1 aromatic heterocycles. The lowest BCUT2D eigenvalue weighted by Gasteiger charge is -2.11. The number of carbonyl (C=O) groups excluding carboxylic acids is 1. The second-order valence-electron chi connectivity index (χ2n) is 6.00. The van der Waals surface area contributed by atoms with Gasteiger partial charge in [-0.1, -0.05) is 22.9 Å². The molecule has 0 fully saturated rings. The number of hydrogen-bond donors (Lipinski definition) is 0. The molecule has 2 aromatic carbocycles. The molecular weight excluding hydrogens is 370 g/mol. The van der Waals surface area contributed by atoms with Gasteiger partial charge in [-0.05, 0) is 42.5 Å². The van der Waals surface area contributed by atoms with Crippen molar-refractivity contribution in [2.75, 3.05) is 32.7 Å². The second kappa shape index (κ2) is 8.03. The smallest absolute Gasteiger partial charge is 0.279 e. The first-order chi connectivity index (χ1) is 12.5. The lowest BCUT2D eigenvalue weighted by molar-refractivity contribution is 0.0997. The zero-order chi connectivity index (χ0) is 18.7. The molecule has 0 spiro atoms. The Morgan fingerprint density at radius 3 is 2.62 bits per heavy atom. The number of fused-ring (bicyclic) bond motifs is 1. The molecule has 0 unspecified atom stereocenters. The van der Waals surface area contributed by atoms with E-state index in [0.717, 1.165) is 15.9 Å². The van der Waals surface area contributed by atoms with Crippen LogP contribution in [0.2, 0.25) is 5.02 Å². The van der Waals surface area contributed by atoms with E-state index in [1.807, 2.05) is 53.9 Å². The van der Waals surface area contributed by atoms with Crippen molar-refractivity contribution in [3.8, 4) is 0 Å². The molecular formula is C19H20ClN3O2S. The number of hydrogen-bond acceptors (Lipinski definition) is 4.